The molecule has 0 radical (unpaired) electrons. The van der Waals surface area contributed by atoms with Crippen LogP contribution in [-0.4, -0.2) is 50.4 Å². The van der Waals surface area contributed by atoms with E-state index < -0.39 is 0 Å². The van der Waals surface area contributed by atoms with Crippen molar-refractivity contribution in [3.63, 3.8) is 0 Å². The van der Waals surface area contributed by atoms with Crippen LogP contribution in [0.2, 0.25) is 0 Å². The molecule has 0 aromatic heterocycles. The standard InChI is InChI=1S/C21H35N3O2S.HI/c1-16(2)14-26-19-8-6-18(7-9-19)17(3)24-20(22-4)23-15-21(27-5)10-12-25-13-11-21;/h6-9,16-17H,10-15H2,1-5H3,(H2,22,23,24);1H. The van der Waals surface area contributed by atoms with Crippen molar-refractivity contribution < 1.29 is 9.47 Å². The maximum atomic E-state index is 5.76. The molecule has 0 spiro atoms. The topological polar surface area (TPSA) is 54.9 Å². The van der Waals surface area contributed by atoms with Gasteiger partial charge in [-0.15, -0.1) is 24.0 Å². The molecule has 0 amide bonds. The summed E-state index contributed by atoms with van der Waals surface area (Å²) in [5.41, 5.74) is 1.21. The van der Waals surface area contributed by atoms with Crippen LogP contribution < -0.4 is 15.4 Å². The Bertz CT molecular complexity index is 590. The first kappa shape index (κ1) is 25.4. The zero-order valence-electron chi connectivity index (χ0n) is 17.8. The van der Waals surface area contributed by atoms with Gasteiger partial charge in [-0.25, -0.2) is 0 Å². The van der Waals surface area contributed by atoms with Crippen molar-refractivity contribution >= 4 is 41.7 Å². The largest absolute Gasteiger partial charge is 0.493 e. The summed E-state index contributed by atoms with van der Waals surface area (Å²) in [5, 5.41) is 7.00. The summed E-state index contributed by atoms with van der Waals surface area (Å²) in [6.07, 6.45) is 4.34. The highest BCUT2D eigenvalue weighted by atomic mass is 127. The maximum Gasteiger partial charge on any atom is 0.191 e. The summed E-state index contributed by atoms with van der Waals surface area (Å²) < 4.78 is 11.5. The van der Waals surface area contributed by atoms with E-state index in [9.17, 15) is 0 Å². The van der Waals surface area contributed by atoms with Crippen LogP contribution in [0.4, 0.5) is 0 Å². The van der Waals surface area contributed by atoms with Crippen LogP contribution in [0.5, 0.6) is 5.75 Å². The van der Waals surface area contributed by atoms with Crippen LogP contribution in [0.25, 0.3) is 0 Å². The summed E-state index contributed by atoms with van der Waals surface area (Å²) in [6, 6.07) is 8.47. The van der Waals surface area contributed by atoms with Crippen molar-refractivity contribution in [1.29, 1.82) is 0 Å². The van der Waals surface area contributed by atoms with Gasteiger partial charge in [-0.2, -0.15) is 11.8 Å². The quantitative estimate of drug-likeness (QED) is 0.300. The molecule has 7 heteroatoms. The van der Waals surface area contributed by atoms with Crippen molar-refractivity contribution in [2.45, 2.75) is 44.4 Å². The summed E-state index contributed by atoms with van der Waals surface area (Å²) in [5.74, 6) is 2.28. The molecule has 0 saturated carbocycles. The Balaban J connectivity index is 0.00000392. The molecule has 28 heavy (non-hydrogen) atoms. The molecule has 1 fully saturated rings. The zero-order chi connectivity index (χ0) is 19.7. The number of thioether (sulfide) groups is 1. The van der Waals surface area contributed by atoms with Crippen LogP contribution in [0.3, 0.4) is 0 Å². The number of rotatable bonds is 8. The van der Waals surface area contributed by atoms with Gasteiger partial charge in [0.25, 0.3) is 0 Å². The SMILES string of the molecule is CN=C(NCC1(SC)CCOCC1)NC(C)c1ccc(OCC(C)C)cc1.I. The molecule has 2 rings (SSSR count). The average Bonchev–Trinajstić information content (AvgIpc) is 2.70. The van der Waals surface area contributed by atoms with E-state index in [0.29, 0.717) is 5.92 Å². The third-order valence-electron chi connectivity index (χ3n) is 4.96. The monoisotopic (exact) mass is 521 g/mol. The maximum absolute atomic E-state index is 5.76. The predicted octanol–water partition coefficient (Wildman–Crippen LogP) is 4.48. The van der Waals surface area contributed by atoms with E-state index in [4.69, 9.17) is 9.47 Å². The van der Waals surface area contributed by atoms with E-state index >= 15 is 0 Å². The molecular weight excluding hydrogens is 485 g/mol. The highest BCUT2D eigenvalue weighted by Crippen LogP contribution is 2.33. The molecule has 1 atom stereocenters. The van der Waals surface area contributed by atoms with E-state index in [1.807, 2.05) is 30.9 Å². The van der Waals surface area contributed by atoms with Gasteiger partial charge in [0.15, 0.2) is 5.96 Å². The van der Waals surface area contributed by atoms with Crippen molar-refractivity contribution in [2.75, 3.05) is 39.7 Å². The highest BCUT2D eigenvalue weighted by molar-refractivity contribution is 14.0. The molecule has 1 heterocycles. The molecule has 1 aromatic rings. The van der Waals surface area contributed by atoms with Crippen molar-refractivity contribution in [2.24, 2.45) is 10.9 Å². The number of guanidine groups is 1. The lowest BCUT2D eigenvalue weighted by Crippen LogP contribution is -2.48. The fourth-order valence-corrected chi connectivity index (χ4v) is 3.83. The second-order valence-corrected chi connectivity index (χ2v) is 8.84. The number of nitrogens with one attached hydrogen (secondary N) is 2. The number of benzene rings is 1. The minimum Gasteiger partial charge on any atom is -0.493 e. The molecule has 0 aliphatic carbocycles. The lowest BCUT2D eigenvalue weighted by Gasteiger charge is -2.36. The minimum absolute atomic E-state index is 0. The Morgan fingerprint density at radius 3 is 2.39 bits per heavy atom. The van der Waals surface area contributed by atoms with Crippen LogP contribution >= 0.6 is 35.7 Å². The van der Waals surface area contributed by atoms with E-state index in [1.165, 1.54) is 5.56 Å². The molecule has 1 unspecified atom stereocenters. The van der Waals surface area contributed by atoms with Crippen LogP contribution in [0.15, 0.2) is 29.3 Å². The van der Waals surface area contributed by atoms with Gasteiger partial charge in [0.05, 0.1) is 12.6 Å². The summed E-state index contributed by atoms with van der Waals surface area (Å²) >= 11 is 1.93. The molecule has 1 aromatic carbocycles. The first-order valence-electron chi connectivity index (χ1n) is 9.81. The van der Waals surface area contributed by atoms with Gasteiger partial charge in [-0.1, -0.05) is 26.0 Å². The Morgan fingerprint density at radius 2 is 1.86 bits per heavy atom. The van der Waals surface area contributed by atoms with Gasteiger partial charge in [-0.3, -0.25) is 4.99 Å². The normalized spacial score (nSPS) is 17.6. The van der Waals surface area contributed by atoms with E-state index in [1.54, 1.807) is 0 Å². The predicted molar refractivity (Wildman–Crippen MR) is 131 cm³/mol. The fourth-order valence-electron chi connectivity index (χ4n) is 3.04. The third kappa shape index (κ3) is 7.99. The number of nitrogens with zero attached hydrogens (tertiary/aromatic N) is 1. The lowest BCUT2D eigenvalue weighted by atomic mass is 9.99. The first-order chi connectivity index (χ1) is 13.0. The van der Waals surface area contributed by atoms with Crippen molar-refractivity contribution in [3.8, 4) is 5.75 Å². The van der Waals surface area contributed by atoms with Gasteiger partial charge in [0, 0.05) is 31.6 Å². The average molecular weight is 522 g/mol. The molecule has 2 N–H and O–H groups in total. The first-order valence-corrected chi connectivity index (χ1v) is 11.0. The Hall–Kier alpha value is -0.670. The van der Waals surface area contributed by atoms with Crippen molar-refractivity contribution in [3.05, 3.63) is 29.8 Å². The number of hydrogen-bond donors (Lipinski definition) is 2. The number of hydrogen-bond acceptors (Lipinski definition) is 4. The van der Waals surface area contributed by atoms with Gasteiger partial charge in [-0.05, 0) is 49.6 Å². The third-order valence-corrected chi connectivity index (χ3v) is 6.37. The number of halogens is 1. The second kappa shape index (κ2) is 12.8. The Morgan fingerprint density at radius 1 is 1.21 bits per heavy atom. The van der Waals surface area contributed by atoms with Gasteiger partial charge in [0.1, 0.15) is 5.75 Å². The highest BCUT2D eigenvalue weighted by Gasteiger charge is 2.31. The molecule has 1 aliphatic rings. The van der Waals surface area contributed by atoms with Crippen molar-refractivity contribution in [1.82, 2.24) is 10.6 Å². The molecular formula is C21H36IN3O2S. The number of ether oxygens (including phenoxy) is 2. The second-order valence-electron chi connectivity index (χ2n) is 7.57. The lowest BCUT2D eigenvalue weighted by molar-refractivity contribution is 0.0782. The molecule has 1 aliphatic heterocycles. The summed E-state index contributed by atoms with van der Waals surface area (Å²) in [6.45, 7) is 9.78. The summed E-state index contributed by atoms with van der Waals surface area (Å²) in [4.78, 5) is 4.40. The van der Waals surface area contributed by atoms with E-state index in [2.05, 4.69) is 54.8 Å². The fraction of sp³-hybridized carbons (Fsp3) is 0.667. The van der Waals surface area contributed by atoms with Gasteiger partial charge < -0.3 is 20.1 Å². The Labute approximate surface area is 191 Å². The molecule has 0 bridgehead atoms. The van der Waals surface area contributed by atoms with Crippen LogP contribution in [0, 0.1) is 5.92 Å². The molecule has 160 valence electrons. The minimum atomic E-state index is 0. The number of aliphatic imine (C=N–C) groups is 1. The van der Waals surface area contributed by atoms with Gasteiger partial charge >= 0.3 is 0 Å². The van der Waals surface area contributed by atoms with Gasteiger partial charge in [0.2, 0.25) is 0 Å². The Kier molecular flexibility index (Phi) is 11.6. The molecule has 5 nitrogen and oxygen atoms in total. The van der Waals surface area contributed by atoms with Crippen LogP contribution in [-0.2, 0) is 4.74 Å². The molecule has 1 saturated heterocycles. The van der Waals surface area contributed by atoms with E-state index in [-0.39, 0.29) is 34.8 Å². The van der Waals surface area contributed by atoms with Crippen LogP contribution in [0.1, 0.15) is 45.2 Å². The smallest absolute Gasteiger partial charge is 0.191 e. The van der Waals surface area contributed by atoms with E-state index in [0.717, 1.165) is 50.9 Å². The summed E-state index contributed by atoms with van der Waals surface area (Å²) in [7, 11) is 1.82. The zero-order valence-corrected chi connectivity index (χ0v) is 20.9.